The van der Waals surface area contributed by atoms with Crippen molar-refractivity contribution in [2.75, 3.05) is 0 Å². The molecule has 1 heterocycles. The molecule has 0 amide bonds. The number of hydrogen-bond acceptors (Lipinski definition) is 1. The summed E-state index contributed by atoms with van der Waals surface area (Å²) in [7, 11) is 0. The van der Waals surface area contributed by atoms with Crippen molar-refractivity contribution in [1.82, 2.24) is 0 Å². The predicted molar refractivity (Wildman–Crippen MR) is 194 cm³/mol. The van der Waals surface area contributed by atoms with Gasteiger partial charge in [-0.05, 0) is 77.8 Å². The third kappa shape index (κ3) is 4.24. The van der Waals surface area contributed by atoms with E-state index in [1.54, 1.807) is 0 Å². The fraction of sp³-hybridized carbons (Fsp3) is 0.0455. The van der Waals surface area contributed by atoms with Gasteiger partial charge >= 0.3 is 0 Å². The van der Waals surface area contributed by atoms with Crippen LogP contribution in [-0.4, -0.2) is 0 Å². The molecule has 45 heavy (non-hydrogen) atoms. The van der Waals surface area contributed by atoms with Gasteiger partial charge in [-0.1, -0.05) is 159 Å². The molecule has 214 valence electrons. The Balaban J connectivity index is 0.00000147. The average Bonchev–Trinajstić information content (AvgIpc) is 3.50. The summed E-state index contributed by atoms with van der Waals surface area (Å²) in [6.45, 7) is 4.00. The zero-order valence-corrected chi connectivity index (χ0v) is 25.4. The molecule has 0 bridgehead atoms. The molecule has 8 aromatic carbocycles. The highest BCUT2D eigenvalue weighted by atomic mass is 16.3. The maximum absolute atomic E-state index is 6.26. The van der Waals surface area contributed by atoms with Gasteiger partial charge in [0, 0.05) is 10.8 Å². The van der Waals surface area contributed by atoms with Crippen LogP contribution in [0.1, 0.15) is 13.8 Å². The summed E-state index contributed by atoms with van der Waals surface area (Å²) < 4.78 is 6.26. The summed E-state index contributed by atoms with van der Waals surface area (Å²) in [5.41, 5.74) is 9.29. The van der Waals surface area contributed by atoms with Gasteiger partial charge in [0.05, 0.1) is 0 Å². The summed E-state index contributed by atoms with van der Waals surface area (Å²) in [5.74, 6) is 0. The molecule has 0 saturated heterocycles. The molecule has 0 saturated carbocycles. The Hall–Kier alpha value is -5.66. The first-order valence-electron chi connectivity index (χ1n) is 15.8. The highest BCUT2D eigenvalue weighted by molar-refractivity contribution is 6.24. The van der Waals surface area contributed by atoms with Crippen LogP contribution >= 0.6 is 0 Å². The van der Waals surface area contributed by atoms with E-state index >= 15 is 0 Å². The van der Waals surface area contributed by atoms with Crippen LogP contribution in [0.2, 0.25) is 0 Å². The lowest BCUT2D eigenvalue weighted by Crippen LogP contribution is -1.92. The Morgan fingerprint density at radius 2 is 0.756 bits per heavy atom. The number of furan rings is 1. The van der Waals surface area contributed by atoms with Gasteiger partial charge in [0.25, 0.3) is 0 Å². The predicted octanol–water partition coefficient (Wildman–Crippen LogP) is 13.1. The van der Waals surface area contributed by atoms with E-state index in [9.17, 15) is 0 Å². The highest BCUT2D eigenvalue weighted by Gasteiger charge is 2.19. The Labute approximate surface area is 263 Å². The maximum Gasteiger partial charge on any atom is 0.136 e. The van der Waals surface area contributed by atoms with E-state index < -0.39 is 0 Å². The van der Waals surface area contributed by atoms with Crippen molar-refractivity contribution >= 4 is 54.3 Å². The van der Waals surface area contributed by atoms with Crippen LogP contribution in [0.3, 0.4) is 0 Å². The molecule has 9 rings (SSSR count). The third-order valence-corrected chi connectivity index (χ3v) is 8.88. The lowest BCUT2D eigenvalue weighted by atomic mass is 9.84. The molecular weight excluding hydrogens is 544 g/mol. The minimum Gasteiger partial charge on any atom is -0.456 e. The molecule has 0 aliphatic rings. The fourth-order valence-electron chi connectivity index (χ4n) is 7.10. The van der Waals surface area contributed by atoms with Gasteiger partial charge in [-0.3, -0.25) is 0 Å². The molecule has 9 aromatic rings. The van der Waals surface area contributed by atoms with Gasteiger partial charge in [-0.25, -0.2) is 0 Å². The zero-order valence-electron chi connectivity index (χ0n) is 25.4. The largest absolute Gasteiger partial charge is 0.456 e. The van der Waals surface area contributed by atoms with Gasteiger partial charge in [0.1, 0.15) is 11.2 Å². The van der Waals surface area contributed by atoms with E-state index in [-0.39, 0.29) is 0 Å². The van der Waals surface area contributed by atoms with E-state index in [1.807, 2.05) is 19.9 Å². The van der Waals surface area contributed by atoms with Gasteiger partial charge in [0.15, 0.2) is 0 Å². The van der Waals surface area contributed by atoms with Crippen LogP contribution in [-0.2, 0) is 0 Å². The first-order valence-corrected chi connectivity index (χ1v) is 15.8. The van der Waals surface area contributed by atoms with Crippen molar-refractivity contribution < 1.29 is 4.42 Å². The second-order valence-corrected chi connectivity index (χ2v) is 11.2. The average molecular weight is 577 g/mol. The molecule has 0 radical (unpaired) electrons. The van der Waals surface area contributed by atoms with E-state index in [0.717, 1.165) is 16.6 Å². The SMILES string of the molecule is CC.c1ccc(-c2c3ccccc3c(-c3cccc4c(-c5cccc6oc7ccccc7c56)cccc34)c3ccccc23)cc1. The summed E-state index contributed by atoms with van der Waals surface area (Å²) in [4.78, 5) is 0. The molecule has 0 unspecified atom stereocenters. The van der Waals surface area contributed by atoms with Crippen molar-refractivity contribution in [3.8, 4) is 33.4 Å². The Morgan fingerprint density at radius 1 is 0.311 bits per heavy atom. The molecule has 0 aliphatic carbocycles. The molecule has 0 aliphatic heterocycles. The molecular formula is C44H32O. The zero-order chi connectivity index (χ0) is 30.3. The van der Waals surface area contributed by atoms with Gasteiger partial charge in [-0.15, -0.1) is 0 Å². The number of para-hydroxylation sites is 1. The van der Waals surface area contributed by atoms with Gasteiger partial charge in [0.2, 0.25) is 0 Å². The first kappa shape index (κ1) is 26.9. The standard InChI is InChI=1S/C42H26O.C2H6/c1-2-13-27(14-3-1)40-33-15-4-6-17-35(33)41(36-18-7-5-16-34(36)40)31-23-11-20-28-29(31)21-10-22-30(28)32-24-12-26-39-42(32)37-19-8-9-25-38(37)43-39;1-2/h1-26H;1-2H3. The number of benzene rings is 8. The Morgan fingerprint density at radius 3 is 1.42 bits per heavy atom. The number of rotatable bonds is 3. The molecule has 1 aromatic heterocycles. The molecule has 1 nitrogen and oxygen atoms in total. The minimum atomic E-state index is 0.917. The summed E-state index contributed by atoms with van der Waals surface area (Å²) in [6, 6.07) is 56.8. The molecule has 0 spiro atoms. The van der Waals surface area contributed by atoms with E-state index in [2.05, 4.69) is 152 Å². The van der Waals surface area contributed by atoms with E-state index in [1.165, 1.54) is 71.1 Å². The third-order valence-electron chi connectivity index (χ3n) is 8.88. The summed E-state index contributed by atoms with van der Waals surface area (Å²) in [6.07, 6.45) is 0. The van der Waals surface area contributed by atoms with Crippen LogP contribution in [0.5, 0.6) is 0 Å². The molecule has 0 fully saturated rings. The second-order valence-electron chi connectivity index (χ2n) is 11.2. The van der Waals surface area contributed by atoms with E-state index in [0.29, 0.717) is 0 Å². The quantitative estimate of drug-likeness (QED) is 0.191. The summed E-state index contributed by atoms with van der Waals surface area (Å²) in [5, 5.41) is 9.86. The van der Waals surface area contributed by atoms with Crippen molar-refractivity contribution in [2.45, 2.75) is 13.8 Å². The van der Waals surface area contributed by atoms with Crippen molar-refractivity contribution in [1.29, 1.82) is 0 Å². The van der Waals surface area contributed by atoms with Crippen molar-refractivity contribution in [3.63, 3.8) is 0 Å². The van der Waals surface area contributed by atoms with Crippen LogP contribution in [0.15, 0.2) is 162 Å². The highest BCUT2D eigenvalue weighted by Crippen LogP contribution is 2.46. The van der Waals surface area contributed by atoms with Gasteiger partial charge in [-0.2, -0.15) is 0 Å². The molecule has 0 N–H and O–H groups in total. The monoisotopic (exact) mass is 576 g/mol. The number of hydrogen-bond donors (Lipinski definition) is 0. The first-order chi connectivity index (χ1) is 22.4. The van der Waals surface area contributed by atoms with Crippen LogP contribution in [0.4, 0.5) is 0 Å². The van der Waals surface area contributed by atoms with E-state index in [4.69, 9.17) is 4.42 Å². The van der Waals surface area contributed by atoms with Gasteiger partial charge < -0.3 is 4.42 Å². The lowest BCUT2D eigenvalue weighted by Gasteiger charge is -2.19. The number of fused-ring (bicyclic) bond motifs is 6. The topological polar surface area (TPSA) is 13.1 Å². The lowest BCUT2D eigenvalue weighted by molar-refractivity contribution is 0.669. The second kappa shape index (κ2) is 11.1. The maximum atomic E-state index is 6.26. The van der Waals surface area contributed by atoms with Crippen LogP contribution < -0.4 is 0 Å². The Bertz CT molecular complexity index is 2440. The normalized spacial score (nSPS) is 11.3. The van der Waals surface area contributed by atoms with Crippen LogP contribution in [0.25, 0.3) is 87.6 Å². The molecule has 1 heteroatoms. The Kier molecular flexibility index (Phi) is 6.65. The minimum absolute atomic E-state index is 0.917. The fourth-order valence-corrected chi connectivity index (χ4v) is 7.10. The molecule has 0 atom stereocenters. The summed E-state index contributed by atoms with van der Waals surface area (Å²) >= 11 is 0. The smallest absolute Gasteiger partial charge is 0.136 e. The van der Waals surface area contributed by atoms with Crippen molar-refractivity contribution in [2.24, 2.45) is 0 Å². The van der Waals surface area contributed by atoms with Crippen LogP contribution in [0, 0.1) is 0 Å². The van der Waals surface area contributed by atoms with Crippen molar-refractivity contribution in [3.05, 3.63) is 158 Å².